The second-order valence-electron chi connectivity index (χ2n) is 5.84. The second kappa shape index (κ2) is 8.52. The zero-order chi connectivity index (χ0) is 18.5. The molecule has 0 fully saturated rings. The van der Waals surface area contributed by atoms with Crippen molar-refractivity contribution in [3.05, 3.63) is 76.3 Å². The summed E-state index contributed by atoms with van der Waals surface area (Å²) in [5.74, 6) is -0.455. The number of rotatable bonds is 6. The number of hydrogen-bond acceptors (Lipinski definition) is 4. The van der Waals surface area contributed by atoms with Gasteiger partial charge in [0.05, 0.1) is 5.75 Å². The third-order valence-electron chi connectivity index (χ3n) is 3.91. The Morgan fingerprint density at radius 2 is 1.73 bits per heavy atom. The Bertz CT molecular complexity index is 951. The summed E-state index contributed by atoms with van der Waals surface area (Å²) in [6.45, 7) is 1.72. The zero-order valence-electron chi connectivity index (χ0n) is 14.2. The van der Waals surface area contributed by atoms with E-state index in [0.717, 1.165) is 25.7 Å². The molecule has 5 heteroatoms. The number of benzene rings is 3. The first kappa shape index (κ1) is 18.7. The molecule has 0 aliphatic rings. The number of carbonyl (C=O) groups excluding carboxylic acids is 2. The summed E-state index contributed by atoms with van der Waals surface area (Å²) in [4.78, 5) is 25.0. The van der Waals surface area contributed by atoms with Crippen LogP contribution in [0.2, 0.25) is 0 Å². The fraction of sp³-hybridized carbons (Fsp3) is 0.143. The fourth-order valence-electron chi connectivity index (χ4n) is 2.47. The van der Waals surface area contributed by atoms with Gasteiger partial charge < -0.3 is 4.74 Å². The summed E-state index contributed by atoms with van der Waals surface area (Å²) in [5, 5.41) is 2.23. The van der Waals surface area contributed by atoms with E-state index in [1.54, 1.807) is 12.1 Å². The van der Waals surface area contributed by atoms with Crippen LogP contribution >= 0.6 is 27.7 Å². The number of esters is 1. The molecule has 0 aliphatic heterocycles. The first-order chi connectivity index (χ1) is 12.5. The van der Waals surface area contributed by atoms with Gasteiger partial charge in [-0.3, -0.25) is 9.59 Å². The maximum absolute atomic E-state index is 12.0. The van der Waals surface area contributed by atoms with E-state index in [-0.39, 0.29) is 18.1 Å². The third-order valence-corrected chi connectivity index (χ3v) is 6.06. The Labute approximate surface area is 164 Å². The predicted octanol–water partition coefficient (Wildman–Crippen LogP) is 5.43. The molecular weight excluding hydrogens is 412 g/mol. The number of halogens is 1. The van der Waals surface area contributed by atoms with Gasteiger partial charge in [-0.1, -0.05) is 60.2 Å². The van der Waals surface area contributed by atoms with Gasteiger partial charge in [-0.2, -0.15) is 0 Å². The summed E-state index contributed by atoms with van der Waals surface area (Å²) in [6, 6.07) is 19.2. The lowest BCUT2D eigenvalue weighted by Gasteiger charge is -2.08. The molecule has 26 heavy (non-hydrogen) atoms. The van der Waals surface area contributed by atoms with Crippen LogP contribution in [0.3, 0.4) is 0 Å². The number of aryl methyl sites for hydroxylation is 1. The van der Waals surface area contributed by atoms with Crippen molar-refractivity contribution in [1.82, 2.24) is 0 Å². The minimum absolute atomic E-state index is 0.151. The lowest BCUT2D eigenvalue weighted by molar-refractivity contribution is -0.139. The molecule has 0 N–H and O–H groups in total. The molecule has 0 bridgehead atoms. The van der Waals surface area contributed by atoms with E-state index >= 15 is 0 Å². The summed E-state index contributed by atoms with van der Waals surface area (Å²) < 4.78 is 6.08. The Kier molecular flexibility index (Phi) is 6.12. The molecule has 3 aromatic rings. The SMILES string of the molecule is Cc1ccc(C(=O)COC(=O)CSc2ccc3ccccc3c2Br)cc1. The molecule has 0 saturated carbocycles. The molecule has 3 aromatic carbocycles. The van der Waals surface area contributed by atoms with Crippen molar-refractivity contribution in [3.8, 4) is 0 Å². The van der Waals surface area contributed by atoms with E-state index in [2.05, 4.69) is 15.9 Å². The van der Waals surface area contributed by atoms with E-state index in [4.69, 9.17) is 4.74 Å². The zero-order valence-corrected chi connectivity index (χ0v) is 16.6. The van der Waals surface area contributed by atoms with Crippen molar-refractivity contribution in [2.24, 2.45) is 0 Å². The number of hydrogen-bond donors (Lipinski definition) is 0. The topological polar surface area (TPSA) is 43.4 Å². The summed E-state index contributed by atoms with van der Waals surface area (Å²) in [6.07, 6.45) is 0. The molecule has 0 unspecified atom stereocenters. The minimum Gasteiger partial charge on any atom is -0.457 e. The number of Topliss-reactive ketones (excluding diaryl/α,β-unsaturated/α-hetero) is 1. The highest BCUT2D eigenvalue weighted by molar-refractivity contribution is 9.10. The van der Waals surface area contributed by atoms with E-state index in [0.29, 0.717) is 5.56 Å². The summed E-state index contributed by atoms with van der Waals surface area (Å²) in [7, 11) is 0. The van der Waals surface area contributed by atoms with Crippen LogP contribution in [0.15, 0.2) is 70.0 Å². The molecule has 3 nitrogen and oxygen atoms in total. The van der Waals surface area contributed by atoms with Gasteiger partial charge in [-0.15, -0.1) is 11.8 Å². The number of carbonyl (C=O) groups is 2. The van der Waals surface area contributed by atoms with Crippen molar-refractivity contribution in [2.45, 2.75) is 11.8 Å². The van der Waals surface area contributed by atoms with Crippen LogP contribution in [0.5, 0.6) is 0 Å². The Hall–Kier alpha value is -2.11. The van der Waals surface area contributed by atoms with Crippen LogP contribution in [0.1, 0.15) is 15.9 Å². The molecule has 0 amide bonds. The molecule has 0 spiro atoms. The highest BCUT2D eigenvalue weighted by Crippen LogP contribution is 2.34. The number of ether oxygens (including phenoxy) is 1. The maximum atomic E-state index is 12.0. The average molecular weight is 429 g/mol. The first-order valence-corrected chi connectivity index (χ1v) is 9.88. The van der Waals surface area contributed by atoms with Crippen molar-refractivity contribution in [1.29, 1.82) is 0 Å². The van der Waals surface area contributed by atoms with Gasteiger partial charge in [0, 0.05) is 14.9 Å². The molecule has 0 radical (unpaired) electrons. The lowest BCUT2D eigenvalue weighted by Crippen LogP contribution is -2.15. The lowest BCUT2D eigenvalue weighted by atomic mass is 10.1. The number of thioether (sulfide) groups is 1. The van der Waals surface area contributed by atoms with Crippen molar-refractivity contribution in [2.75, 3.05) is 12.4 Å². The monoisotopic (exact) mass is 428 g/mol. The van der Waals surface area contributed by atoms with Gasteiger partial charge >= 0.3 is 5.97 Å². The van der Waals surface area contributed by atoms with Crippen LogP contribution in [-0.4, -0.2) is 24.1 Å². The quantitative estimate of drug-likeness (QED) is 0.298. The third kappa shape index (κ3) is 4.54. The van der Waals surface area contributed by atoms with Gasteiger partial charge in [0.25, 0.3) is 0 Å². The fourth-order valence-corrected chi connectivity index (χ4v) is 4.07. The predicted molar refractivity (Wildman–Crippen MR) is 109 cm³/mol. The highest BCUT2D eigenvalue weighted by atomic mass is 79.9. The van der Waals surface area contributed by atoms with E-state index < -0.39 is 5.97 Å². The van der Waals surface area contributed by atoms with Crippen LogP contribution < -0.4 is 0 Å². The second-order valence-corrected chi connectivity index (χ2v) is 7.65. The summed E-state index contributed by atoms with van der Waals surface area (Å²) >= 11 is 4.99. The number of fused-ring (bicyclic) bond motifs is 1. The van der Waals surface area contributed by atoms with Crippen LogP contribution in [0.4, 0.5) is 0 Å². The van der Waals surface area contributed by atoms with E-state index in [9.17, 15) is 9.59 Å². The van der Waals surface area contributed by atoms with E-state index in [1.165, 1.54) is 11.8 Å². The Morgan fingerprint density at radius 1 is 1.00 bits per heavy atom. The molecule has 0 atom stereocenters. The molecule has 132 valence electrons. The molecule has 0 aromatic heterocycles. The molecule has 0 heterocycles. The van der Waals surface area contributed by atoms with Crippen LogP contribution in [0.25, 0.3) is 10.8 Å². The van der Waals surface area contributed by atoms with Crippen molar-refractivity contribution < 1.29 is 14.3 Å². The number of ketones is 1. The van der Waals surface area contributed by atoms with Gasteiger partial charge in [-0.25, -0.2) is 0 Å². The minimum atomic E-state index is -0.407. The largest absolute Gasteiger partial charge is 0.457 e. The Morgan fingerprint density at radius 3 is 2.50 bits per heavy atom. The van der Waals surface area contributed by atoms with Crippen molar-refractivity contribution >= 4 is 50.2 Å². The first-order valence-electron chi connectivity index (χ1n) is 8.10. The van der Waals surface area contributed by atoms with Crippen LogP contribution in [0, 0.1) is 6.92 Å². The van der Waals surface area contributed by atoms with Gasteiger partial charge in [-0.05, 0) is 39.7 Å². The summed E-state index contributed by atoms with van der Waals surface area (Å²) in [5.41, 5.74) is 1.63. The van der Waals surface area contributed by atoms with Gasteiger partial charge in [0.1, 0.15) is 0 Å². The highest BCUT2D eigenvalue weighted by Gasteiger charge is 2.12. The smallest absolute Gasteiger partial charge is 0.316 e. The molecule has 3 rings (SSSR count). The molecule has 0 saturated heterocycles. The normalized spacial score (nSPS) is 10.7. The average Bonchev–Trinajstić information content (AvgIpc) is 2.66. The molecule has 0 aliphatic carbocycles. The van der Waals surface area contributed by atoms with E-state index in [1.807, 2.05) is 55.5 Å². The maximum Gasteiger partial charge on any atom is 0.316 e. The standard InChI is InChI=1S/C21H17BrO3S/c1-14-6-8-16(9-7-14)18(23)12-25-20(24)13-26-19-11-10-15-4-2-3-5-17(15)21(19)22/h2-11H,12-13H2,1H3. The van der Waals surface area contributed by atoms with Crippen LogP contribution in [-0.2, 0) is 9.53 Å². The Balaban J connectivity index is 1.55. The van der Waals surface area contributed by atoms with Gasteiger partial charge in [0.15, 0.2) is 12.4 Å². The van der Waals surface area contributed by atoms with Gasteiger partial charge in [0.2, 0.25) is 0 Å². The van der Waals surface area contributed by atoms with Crippen molar-refractivity contribution in [3.63, 3.8) is 0 Å². The molecular formula is C21H17BrO3S.